The van der Waals surface area contributed by atoms with Crippen molar-refractivity contribution in [1.82, 2.24) is 19.3 Å². The molecule has 6 heteroatoms. The van der Waals surface area contributed by atoms with E-state index in [1.165, 1.54) is 11.3 Å². The molecule has 0 aliphatic rings. The lowest BCUT2D eigenvalue weighted by molar-refractivity contribution is 0.724. The van der Waals surface area contributed by atoms with Gasteiger partial charge in [0.2, 0.25) is 0 Å². The maximum absolute atomic E-state index is 5.93. The minimum Gasteiger partial charge on any atom is -0.323 e. The molecular weight excluding hydrogens is 352 g/mol. The summed E-state index contributed by atoms with van der Waals surface area (Å²) in [5, 5.41) is 4.32. The van der Waals surface area contributed by atoms with Crippen LogP contribution in [0.15, 0.2) is 28.9 Å². The average molecular weight is 368 g/mol. The number of alkyl halides is 1. The van der Waals surface area contributed by atoms with E-state index in [-0.39, 0.29) is 0 Å². The molecule has 3 aromatic rings. The summed E-state index contributed by atoms with van der Waals surface area (Å²) in [6.07, 6.45) is 2.68. The van der Waals surface area contributed by atoms with Crippen LogP contribution in [0.5, 0.6) is 0 Å². The third-order valence-corrected chi connectivity index (χ3v) is 4.46. The zero-order valence-electron chi connectivity index (χ0n) is 12.0. The number of aryl methyl sites for hydroxylation is 2. The number of hydrogen-bond acceptors (Lipinski definition) is 2. The zero-order valence-corrected chi connectivity index (χ0v) is 14.3. The first-order valence-electron chi connectivity index (χ1n) is 6.78. The van der Waals surface area contributed by atoms with Crippen molar-refractivity contribution in [2.45, 2.75) is 19.9 Å². The highest BCUT2D eigenvalue weighted by atomic mass is 79.9. The first-order valence-corrected chi connectivity index (χ1v) is 8.11. The van der Waals surface area contributed by atoms with E-state index in [9.17, 15) is 0 Å². The highest BCUT2D eigenvalue weighted by Gasteiger charge is 2.13. The molecule has 4 nitrogen and oxygen atoms in total. The Morgan fingerprint density at radius 2 is 2.14 bits per heavy atom. The van der Waals surface area contributed by atoms with Crippen LogP contribution in [-0.4, -0.2) is 25.2 Å². The Bertz CT molecular complexity index is 790. The molecule has 1 aromatic carbocycles. The number of fused-ring (bicyclic) bond motifs is 1. The number of hydrogen-bond donors (Lipinski definition) is 0. The van der Waals surface area contributed by atoms with E-state index >= 15 is 0 Å². The van der Waals surface area contributed by atoms with E-state index in [2.05, 4.69) is 38.6 Å². The Hall–Kier alpha value is -1.33. The zero-order chi connectivity index (χ0) is 15.0. The SMILES string of the molecule is Cc1c(Cn2c(CCCl)nc3ccc(Br)cc32)cnn1C. The second kappa shape index (κ2) is 5.81. The first kappa shape index (κ1) is 14.6. The molecule has 2 aromatic heterocycles. The molecule has 2 heterocycles. The van der Waals surface area contributed by atoms with Crippen LogP contribution >= 0.6 is 27.5 Å². The molecule has 0 radical (unpaired) electrons. The van der Waals surface area contributed by atoms with Crippen LogP contribution < -0.4 is 0 Å². The maximum atomic E-state index is 5.93. The lowest BCUT2D eigenvalue weighted by atomic mass is 10.2. The minimum atomic E-state index is 0.566. The molecule has 0 bridgehead atoms. The fourth-order valence-corrected chi connectivity index (χ4v) is 2.99. The Balaban J connectivity index is 2.12. The van der Waals surface area contributed by atoms with Crippen LogP contribution in [0, 0.1) is 6.92 Å². The van der Waals surface area contributed by atoms with Crippen molar-refractivity contribution in [2.24, 2.45) is 7.05 Å². The van der Waals surface area contributed by atoms with Crippen molar-refractivity contribution < 1.29 is 0 Å². The number of halogens is 2. The van der Waals surface area contributed by atoms with Gasteiger partial charge in [-0.15, -0.1) is 11.6 Å². The minimum absolute atomic E-state index is 0.566. The van der Waals surface area contributed by atoms with Crippen LogP contribution in [0.25, 0.3) is 11.0 Å². The summed E-state index contributed by atoms with van der Waals surface area (Å²) in [5.41, 5.74) is 4.49. The van der Waals surface area contributed by atoms with Crippen molar-refractivity contribution in [1.29, 1.82) is 0 Å². The van der Waals surface area contributed by atoms with E-state index in [1.807, 2.05) is 30.1 Å². The predicted molar refractivity (Wildman–Crippen MR) is 88.9 cm³/mol. The summed E-state index contributed by atoms with van der Waals surface area (Å²) in [6.45, 7) is 2.84. The second-order valence-electron chi connectivity index (χ2n) is 5.07. The summed E-state index contributed by atoms with van der Waals surface area (Å²) in [7, 11) is 1.96. The van der Waals surface area contributed by atoms with Gasteiger partial charge in [-0.25, -0.2) is 4.98 Å². The van der Waals surface area contributed by atoms with Gasteiger partial charge in [-0.1, -0.05) is 15.9 Å². The van der Waals surface area contributed by atoms with Crippen LogP contribution in [0.2, 0.25) is 0 Å². The summed E-state index contributed by atoms with van der Waals surface area (Å²) >= 11 is 9.46. The van der Waals surface area contributed by atoms with Crippen molar-refractivity contribution in [2.75, 3.05) is 5.88 Å². The van der Waals surface area contributed by atoms with Gasteiger partial charge >= 0.3 is 0 Å². The van der Waals surface area contributed by atoms with Gasteiger partial charge in [0.05, 0.1) is 23.8 Å². The Morgan fingerprint density at radius 3 is 2.81 bits per heavy atom. The van der Waals surface area contributed by atoms with E-state index < -0.39 is 0 Å². The molecule has 0 spiro atoms. The van der Waals surface area contributed by atoms with Crippen LogP contribution in [0.3, 0.4) is 0 Å². The molecule has 0 saturated heterocycles. The fourth-order valence-electron chi connectivity index (χ4n) is 2.47. The van der Waals surface area contributed by atoms with Crippen molar-refractivity contribution in [3.63, 3.8) is 0 Å². The molecule has 0 amide bonds. The smallest absolute Gasteiger partial charge is 0.111 e. The van der Waals surface area contributed by atoms with Crippen molar-refractivity contribution >= 4 is 38.6 Å². The lowest BCUT2D eigenvalue weighted by Gasteiger charge is -2.08. The first-order chi connectivity index (χ1) is 10.1. The number of imidazole rings is 1. The summed E-state index contributed by atoms with van der Waals surface area (Å²) < 4.78 is 5.18. The van der Waals surface area contributed by atoms with Gasteiger partial charge in [0, 0.05) is 35.1 Å². The standard InChI is InChI=1S/C15H16BrClN4/c1-10-11(8-18-20(10)2)9-21-14-7-12(16)3-4-13(14)19-15(21)5-6-17/h3-4,7-8H,5-6,9H2,1-2H3. The van der Waals surface area contributed by atoms with Gasteiger partial charge in [0.25, 0.3) is 0 Å². The fraction of sp³-hybridized carbons (Fsp3) is 0.333. The maximum Gasteiger partial charge on any atom is 0.111 e. The molecule has 0 aliphatic heterocycles. The molecular formula is C15H16BrClN4. The van der Waals surface area contributed by atoms with Crippen LogP contribution in [0.1, 0.15) is 17.1 Å². The quantitative estimate of drug-likeness (QED) is 0.660. The Labute approximate surface area is 136 Å². The van der Waals surface area contributed by atoms with Gasteiger partial charge in [-0.3, -0.25) is 4.68 Å². The van der Waals surface area contributed by atoms with E-state index in [0.29, 0.717) is 5.88 Å². The normalized spacial score (nSPS) is 11.4. The topological polar surface area (TPSA) is 35.6 Å². The summed E-state index contributed by atoms with van der Waals surface area (Å²) in [4.78, 5) is 4.71. The highest BCUT2D eigenvalue weighted by Crippen LogP contribution is 2.23. The number of benzene rings is 1. The molecule has 0 aliphatic carbocycles. The Kier molecular flexibility index (Phi) is 4.04. The molecule has 0 saturated carbocycles. The van der Waals surface area contributed by atoms with Crippen molar-refractivity contribution in [3.8, 4) is 0 Å². The third kappa shape index (κ3) is 2.72. The van der Waals surface area contributed by atoms with E-state index in [4.69, 9.17) is 16.6 Å². The van der Waals surface area contributed by atoms with Crippen LogP contribution in [-0.2, 0) is 20.0 Å². The predicted octanol–water partition coefficient (Wildman–Crippen LogP) is 3.67. The molecule has 3 rings (SSSR count). The average Bonchev–Trinajstić information content (AvgIpc) is 2.95. The van der Waals surface area contributed by atoms with E-state index in [1.54, 1.807) is 0 Å². The van der Waals surface area contributed by atoms with Gasteiger partial charge in [-0.2, -0.15) is 5.10 Å². The molecule has 0 atom stereocenters. The molecule has 0 unspecified atom stereocenters. The van der Waals surface area contributed by atoms with Gasteiger partial charge < -0.3 is 4.57 Å². The third-order valence-electron chi connectivity index (χ3n) is 3.77. The monoisotopic (exact) mass is 366 g/mol. The molecule has 0 N–H and O–H groups in total. The summed E-state index contributed by atoms with van der Waals surface area (Å²) in [5.74, 6) is 1.58. The molecule has 0 fully saturated rings. The lowest BCUT2D eigenvalue weighted by Crippen LogP contribution is -2.07. The number of nitrogens with zero attached hydrogens (tertiary/aromatic N) is 4. The van der Waals surface area contributed by atoms with Gasteiger partial charge in [0.1, 0.15) is 5.82 Å². The largest absolute Gasteiger partial charge is 0.323 e. The number of rotatable bonds is 4. The van der Waals surface area contributed by atoms with Crippen molar-refractivity contribution in [3.05, 3.63) is 46.0 Å². The Morgan fingerprint density at radius 1 is 1.33 bits per heavy atom. The summed E-state index contributed by atoms with van der Waals surface area (Å²) in [6, 6.07) is 6.15. The highest BCUT2D eigenvalue weighted by molar-refractivity contribution is 9.10. The van der Waals surface area contributed by atoms with Crippen LogP contribution in [0.4, 0.5) is 0 Å². The molecule has 110 valence electrons. The van der Waals surface area contributed by atoms with E-state index in [0.717, 1.165) is 34.3 Å². The number of aromatic nitrogens is 4. The van der Waals surface area contributed by atoms with Gasteiger partial charge in [-0.05, 0) is 25.1 Å². The second-order valence-corrected chi connectivity index (χ2v) is 6.36. The molecule has 21 heavy (non-hydrogen) atoms. The van der Waals surface area contributed by atoms with Gasteiger partial charge in [0.15, 0.2) is 0 Å².